The van der Waals surface area contributed by atoms with Crippen LogP contribution in [0.5, 0.6) is 0 Å². The lowest BCUT2D eigenvalue weighted by molar-refractivity contribution is -0.0467. The molecule has 0 unspecified atom stereocenters. The van der Waals surface area contributed by atoms with Crippen LogP contribution in [0.3, 0.4) is 0 Å². The Hall–Kier alpha value is -1.77. The second-order valence-corrected chi connectivity index (χ2v) is 5.85. The summed E-state index contributed by atoms with van der Waals surface area (Å²) in [5.74, 6) is -1.54. The van der Waals surface area contributed by atoms with Crippen LogP contribution in [0.25, 0.3) is 11.0 Å². The molecular formula is C15H16F2N2O4. The molecule has 23 heavy (non-hydrogen) atoms. The minimum absolute atomic E-state index is 0.0225. The average molecular weight is 326 g/mol. The number of aromatic nitrogens is 1. The first-order chi connectivity index (χ1) is 11.2. The fourth-order valence-electron chi connectivity index (χ4n) is 2.84. The summed E-state index contributed by atoms with van der Waals surface area (Å²) >= 11 is 0. The van der Waals surface area contributed by atoms with Crippen molar-refractivity contribution < 1.29 is 27.9 Å². The maximum absolute atomic E-state index is 14.2. The third kappa shape index (κ3) is 2.56. The molecule has 0 radical (unpaired) electrons. The van der Waals surface area contributed by atoms with Crippen LogP contribution in [-0.2, 0) is 9.47 Å². The Bertz CT molecular complexity index is 726. The molecule has 1 aromatic heterocycles. The van der Waals surface area contributed by atoms with E-state index in [9.17, 15) is 13.9 Å². The number of hydrogen-bond acceptors (Lipinski definition) is 6. The van der Waals surface area contributed by atoms with Crippen LogP contribution in [0.2, 0.25) is 0 Å². The second-order valence-electron chi connectivity index (χ2n) is 5.85. The number of ether oxygens (including phenoxy) is 2. The van der Waals surface area contributed by atoms with Gasteiger partial charge < -0.3 is 24.4 Å². The minimum Gasteiger partial charge on any atom is -0.394 e. The van der Waals surface area contributed by atoms with Crippen LogP contribution < -0.4 is 5.32 Å². The Morgan fingerprint density at radius 2 is 2.00 bits per heavy atom. The predicted octanol–water partition coefficient (Wildman–Crippen LogP) is 2.33. The van der Waals surface area contributed by atoms with Gasteiger partial charge in [-0.05, 0) is 24.8 Å². The number of fused-ring (bicyclic) bond motifs is 1. The Morgan fingerprint density at radius 1 is 1.26 bits per heavy atom. The number of rotatable bonds is 5. The van der Waals surface area contributed by atoms with Gasteiger partial charge >= 0.3 is 0 Å². The minimum atomic E-state index is -1.12. The van der Waals surface area contributed by atoms with Gasteiger partial charge in [0.25, 0.3) is 0 Å². The number of benzene rings is 1. The van der Waals surface area contributed by atoms with E-state index in [0.29, 0.717) is 24.5 Å². The quantitative estimate of drug-likeness (QED) is 0.878. The topological polar surface area (TPSA) is 76.8 Å². The molecule has 2 aromatic rings. The number of hydrogen-bond donors (Lipinski definition) is 2. The summed E-state index contributed by atoms with van der Waals surface area (Å²) in [6.45, 7) is 0.587. The van der Waals surface area contributed by atoms with Crippen molar-refractivity contribution >= 4 is 16.8 Å². The van der Waals surface area contributed by atoms with E-state index < -0.39 is 17.9 Å². The first kappa shape index (κ1) is 14.8. The SMILES string of the molecule is OC[C@@H](Nc1noc2c(F)c(F)c(C3OCCO3)cc12)C1CC1. The van der Waals surface area contributed by atoms with Crippen molar-refractivity contribution in [3.05, 3.63) is 23.3 Å². The highest BCUT2D eigenvalue weighted by atomic mass is 19.2. The molecule has 1 saturated carbocycles. The highest BCUT2D eigenvalue weighted by Crippen LogP contribution is 2.37. The molecule has 0 bridgehead atoms. The number of anilines is 1. The molecule has 2 heterocycles. The largest absolute Gasteiger partial charge is 0.394 e. The van der Waals surface area contributed by atoms with Gasteiger partial charge in [0.2, 0.25) is 11.4 Å². The smallest absolute Gasteiger partial charge is 0.207 e. The van der Waals surface area contributed by atoms with Crippen molar-refractivity contribution in [1.29, 1.82) is 0 Å². The third-order valence-corrected chi connectivity index (χ3v) is 4.26. The van der Waals surface area contributed by atoms with Crippen molar-refractivity contribution in [2.75, 3.05) is 25.1 Å². The fourth-order valence-corrected chi connectivity index (χ4v) is 2.84. The molecule has 2 N–H and O–H groups in total. The van der Waals surface area contributed by atoms with Crippen LogP contribution in [0, 0.1) is 17.6 Å². The molecule has 8 heteroatoms. The van der Waals surface area contributed by atoms with E-state index >= 15 is 0 Å². The molecular weight excluding hydrogens is 310 g/mol. The van der Waals surface area contributed by atoms with Crippen LogP contribution in [0.1, 0.15) is 24.7 Å². The first-order valence-electron chi connectivity index (χ1n) is 7.57. The standard InChI is InChI=1S/C15H16F2N2O4/c16-11-8(15-21-3-4-22-15)5-9-13(12(11)17)23-19-14(9)18-10(6-20)7-1-2-7/h5,7,10,15,20H,1-4,6H2,(H,18,19)/t10-/m1/s1. The van der Waals surface area contributed by atoms with Crippen LogP contribution >= 0.6 is 0 Å². The molecule has 0 spiro atoms. The summed E-state index contributed by atoms with van der Waals surface area (Å²) in [6, 6.07) is 1.24. The van der Waals surface area contributed by atoms with Crippen molar-refractivity contribution in [1.82, 2.24) is 5.16 Å². The van der Waals surface area contributed by atoms with E-state index in [4.69, 9.17) is 14.0 Å². The van der Waals surface area contributed by atoms with Crippen molar-refractivity contribution in [3.63, 3.8) is 0 Å². The maximum Gasteiger partial charge on any atom is 0.207 e. The molecule has 1 saturated heterocycles. The number of aliphatic hydroxyl groups excluding tert-OH is 1. The van der Waals surface area contributed by atoms with E-state index in [1.54, 1.807) is 0 Å². The Balaban J connectivity index is 1.74. The maximum atomic E-state index is 14.2. The molecule has 4 rings (SSSR count). The second kappa shape index (κ2) is 5.70. The summed E-state index contributed by atoms with van der Waals surface area (Å²) in [7, 11) is 0. The van der Waals surface area contributed by atoms with Gasteiger partial charge in [0.05, 0.1) is 31.2 Å². The van der Waals surface area contributed by atoms with Gasteiger partial charge in [-0.3, -0.25) is 0 Å². The van der Waals surface area contributed by atoms with Crippen molar-refractivity contribution in [2.24, 2.45) is 5.92 Å². The molecule has 0 amide bonds. The Morgan fingerprint density at radius 3 is 2.65 bits per heavy atom. The third-order valence-electron chi connectivity index (χ3n) is 4.26. The van der Waals surface area contributed by atoms with Crippen LogP contribution in [0.4, 0.5) is 14.6 Å². The molecule has 1 aromatic carbocycles. The zero-order chi connectivity index (χ0) is 16.0. The van der Waals surface area contributed by atoms with E-state index in [2.05, 4.69) is 10.5 Å². The van der Waals surface area contributed by atoms with Crippen molar-refractivity contribution in [3.8, 4) is 0 Å². The van der Waals surface area contributed by atoms with Gasteiger partial charge in [-0.25, -0.2) is 4.39 Å². The molecule has 6 nitrogen and oxygen atoms in total. The van der Waals surface area contributed by atoms with Gasteiger partial charge in [0.15, 0.2) is 17.9 Å². The van der Waals surface area contributed by atoms with E-state index in [-0.39, 0.29) is 29.6 Å². The van der Waals surface area contributed by atoms with E-state index in [1.807, 2.05) is 0 Å². The zero-order valence-electron chi connectivity index (χ0n) is 12.2. The zero-order valence-corrected chi connectivity index (χ0v) is 12.2. The summed E-state index contributed by atoms with van der Waals surface area (Å²) in [4.78, 5) is 0. The summed E-state index contributed by atoms with van der Waals surface area (Å²) in [5.41, 5.74) is -0.287. The lowest BCUT2D eigenvalue weighted by atomic mass is 10.1. The predicted molar refractivity (Wildman–Crippen MR) is 75.8 cm³/mol. The van der Waals surface area contributed by atoms with Crippen molar-refractivity contribution in [2.45, 2.75) is 25.2 Å². The highest BCUT2D eigenvalue weighted by molar-refractivity contribution is 5.89. The Kier molecular flexibility index (Phi) is 3.67. The molecule has 124 valence electrons. The number of aliphatic hydroxyl groups is 1. The summed E-state index contributed by atoms with van der Waals surface area (Å²) < 4.78 is 43.8. The number of nitrogens with zero attached hydrogens (tertiary/aromatic N) is 1. The molecule has 2 aliphatic rings. The van der Waals surface area contributed by atoms with Crippen LogP contribution in [-0.4, -0.2) is 36.1 Å². The van der Waals surface area contributed by atoms with Gasteiger partial charge in [-0.15, -0.1) is 0 Å². The monoisotopic (exact) mass is 326 g/mol. The van der Waals surface area contributed by atoms with Gasteiger partial charge in [-0.2, -0.15) is 4.39 Å². The average Bonchev–Trinajstić information content (AvgIpc) is 3.10. The molecule has 2 fully saturated rings. The highest BCUT2D eigenvalue weighted by Gasteiger charge is 2.33. The fraction of sp³-hybridized carbons (Fsp3) is 0.533. The Labute approximate surface area is 130 Å². The summed E-state index contributed by atoms with van der Waals surface area (Å²) in [5, 5.41) is 16.6. The van der Waals surface area contributed by atoms with Crippen LogP contribution in [0.15, 0.2) is 10.6 Å². The number of halogens is 2. The van der Waals surface area contributed by atoms with Gasteiger partial charge in [0, 0.05) is 5.56 Å². The first-order valence-corrected chi connectivity index (χ1v) is 7.57. The molecule has 1 aliphatic heterocycles. The lowest BCUT2D eigenvalue weighted by Crippen LogP contribution is -2.26. The molecule has 1 atom stereocenters. The summed E-state index contributed by atoms with van der Waals surface area (Å²) in [6.07, 6.45) is 1.10. The van der Waals surface area contributed by atoms with E-state index in [1.165, 1.54) is 6.07 Å². The number of nitrogens with one attached hydrogen (secondary N) is 1. The lowest BCUT2D eigenvalue weighted by Gasteiger charge is -2.15. The van der Waals surface area contributed by atoms with Gasteiger partial charge in [-0.1, -0.05) is 5.16 Å². The molecule has 1 aliphatic carbocycles. The van der Waals surface area contributed by atoms with Gasteiger partial charge in [0.1, 0.15) is 0 Å². The van der Waals surface area contributed by atoms with E-state index in [0.717, 1.165) is 12.8 Å². The normalized spacial score (nSPS) is 20.3.